The molecule has 0 saturated carbocycles. The molecular formula is C12H22O4Si. The summed E-state index contributed by atoms with van der Waals surface area (Å²) < 4.78 is 22.2. The molecule has 0 fully saturated rings. The third-order valence-electron chi connectivity index (χ3n) is 1.38. The van der Waals surface area contributed by atoms with Gasteiger partial charge in [0, 0.05) is 6.61 Å². The van der Waals surface area contributed by atoms with E-state index in [0.29, 0.717) is 23.9 Å². The maximum absolute atomic E-state index is 5.60. The van der Waals surface area contributed by atoms with E-state index in [0.717, 1.165) is 6.42 Å². The summed E-state index contributed by atoms with van der Waals surface area (Å²) in [6, 6.07) is 0. The number of rotatable bonds is 9. The highest BCUT2D eigenvalue weighted by molar-refractivity contribution is 6.54. The summed E-state index contributed by atoms with van der Waals surface area (Å²) in [5.41, 5.74) is 0. The second-order valence-corrected chi connectivity index (χ2v) is 5.66. The van der Waals surface area contributed by atoms with Gasteiger partial charge in [0.2, 0.25) is 0 Å². The van der Waals surface area contributed by atoms with Crippen LogP contribution in [0.5, 0.6) is 0 Å². The third kappa shape index (κ3) is 6.86. The van der Waals surface area contributed by atoms with E-state index in [9.17, 15) is 0 Å². The minimum Gasteiger partial charge on any atom is -0.467 e. The lowest BCUT2D eigenvalue weighted by atomic mass is 10.5. The summed E-state index contributed by atoms with van der Waals surface area (Å²) in [6.45, 7) is 18.6. The monoisotopic (exact) mass is 258 g/mol. The molecule has 0 aromatic heterocycles. The van der Waals surface area contributed by atoms with Gasteiger partial charge in [-0.3, -0.25) is 0 Å². The Kier molecular flexibility index (Phi) is 6.68. The van der Waals surface area contributed by atoms with Gasteiger partial charge in [-0.2, -0.15) is 0 Å². The normalized spacial score (nSPS) is 10.6. The maximum Gasteiger partial charge on any atom is 0.892 e. The molecule has 0 heterocycles. The van der Waals surface area contributed by atoms with Crippen molar-refractivity contribution in [2.24, 2.45) is 0 Å². The van der Waals surface area contributed by atoms with Crippen molar-refractivity contribution in [2.45, 2.75) is 34.1 Å². The van der Waals surface area contributed by atoms with Crippen molar-refractivity contribution in [1.82, 2.24) is 0 Å². The molecule has 0 bridgehead atoms. The summed E-state index contributed by atoms with van der Waals surface area (Å²) in [6.07, 6.45) is 0.827. The first-order chi connectivity index (χ1) is 7.81. The molecule has 0 aliphatic carbocycles. The molecule has 0 aromatic rings. The average Bonchev–Trinajstić information content (AvgIpc) is 2.11. The molecule has 0 aromatic carbocycles. The van der Waals surface area contributed by atoms with Crippen LogP contribution in [0.3, 0.4) is 0 Å². The molecule has 4 nitrogen and oxygen atoms in total. The molecule has 5 heteroatoms. The van der Waals surface area contributed by atoms with E-state index in [1.807, 2.05) is 6.92 Å². The summed E-state index contributed by atoms with van der Waals surface area (Å²) in [4.78, 5) is 0. The van der Waals surface area contributed by atoms with Crippen molar-refractivity contribution in [3.8, 4) is 0 Å². The molecule has 17 heavy (non-hydrogen) atoms. The van der Waals surface area contributed by atoms with Crippen molar-refractivity contribution in [1.29, 1.82) is 0 Å². The van der Waals surface area contributed by atoms with Gasteiger partial charge < -0.3 is 17.7 Å². The lowest BCUT2D eigenvalue weighted by Gasteiger charge is -2.28. The Labute approximate surface area is 105 Å². The number of hydrogen-bond acceptors (Lipinski definition) is 4. The van der Waals surface area contributed by atoms with Crippen LogP contribution < -0.4 is 0 Å². The van der Waals surface area contributed by atoms with Crippen LogP contribution in [0.4, 0.5) is 0 Å². The average molecular weight is 258 g/mol. The Morgan fingerprint density at radius 1 is 0.882 bits per heavy atom. The van der Waals surface area contributed by atoms with Gasteiger partial charge in [-0.15, -0.1) is 0 Å². The van der Waals surface area contributed by atoms with Gasteiger partial charge in [0.05, 0.1) is 17.3 Å². The van der Waals surface area contributed by atoms with Crippen molar-refractivity contribution in [3.63, 3.8) is 0 Å². The van der Waals surface area contributed by atoms with Crippen LogP contribution in [0.2, 0.25) is 0 Å². The summed E-state index contributed by atoms with van der Waals surface area (Å²) in [7, 11) is -3.30. The molecule has 0 radical (unpaired) electrons. The van der Waals surface area contributed by atoms with E-state index in [1.54, 1.807) is 20.8 Å². The van der Waals surface area contributed by atoms with E-state index in [2.05, 4.69) is 19.7 Å². The topological polar surface area (TPSA) is 36.9 Å². The number of allylic oxidation sites excluding steroid dienone is 3. The zero-order chi connectivity index (χ0) is 13.5. The molecule has 0 atom stereocenters. The fraction of sp³-hybridized carbons (Fsp3) is 0.500. The first-order valence-electron chi connectivity index (χ1n) is 5.49. The Hall–Kier alpha value is -1.20. The molecule has 98 valence electrons. The third-order valence-corrected chi connectivity index (χ3v) is 3.73. The second kappa shape index (κ2) is 7.19. The highest BCUT2D eigenvalue weighted by Crippen LogP contribution is 2.21. The van der Waals surface area contributed by atoms with Gasteiger partial charge in [-0.05, 0) is 27.2 Å². The van der Waals surface area contributed by atoms with E-state index in [-0.39, 0.29) is 0 Å². The Morgan fingerprint density at radius 2 is 1.24 bits per heavy atom. The maximum atomic E-state index is 5.60. The molecule has 0 amide bonds. The zero-order valence-corrected chi connectivity index (χ0v) is 12.2. The predicted octanol–water partition coefficient (Wildman–Crippen LogP) is 3.50. The molecule has 0 N–H and O–H groups in total. The smallest absolute Gasteiger partial charge is 0.467 e. The Morgan fingerprint density at radius 3 is 1.47 bits per heavy atom. The van der Waals surface area contributed by atoms with Gasteiger partial charge in [0.25, 0.3) is 0 Å². The quantitative estimate of drug-likeness (QED) is 0.468. The minimum atomic E-state index is -3.30. The molecular weight excluding hydrogens is 236 g/mol. The highest BCUT2D eigenvalue weighted by atomic mass is 28.4. The number of hydrogen-bond donors (Lipinski definition) is 0. The second-order valence-electron chi connectivity index (χ2n) is 3.76. The lowest BCUT2D eigenvalue weighted by Crippen LogP contribution is -2.48. The van der Waals surface area contributed by atoms with Crippen LogP contribution in [0.25, 0.3) is 0 Å². The fourth-order valence-electron chi connectivity index (χ4n) is 1.02. The van der Waals surface area contributed by atoms with E-state index >= 15 is 0 Å². The van der Waals surface area contributed by atoms with Gasteiger partial charge in [0.15, 0.2) is 0 Å². The van der Waals surface area contributed by atoms with Crippen LogP contribution >= 0.6 is 0 Å². The van der Waals surface area contributed by atoms with Crippen molar-refractivity contribution in [2.75, 3.05) is 6.61 Å². The first kappa shape index (κ1) is 15.8. The van der Waals surface area contributed by atoms with Gasteiger partial charge in [-0.25, -0.2) is 0 Å². The van der Waals surface area contributed by atoms with Crippen molar-refractivity contribution < 1.29 is 17.7 Å². The van der Waals surface area contributed by atoms with Crippen LogP contribution in [0.15, 0.2) is 37.0 Å². The fourth-order valence-corrected chi connectivity index (χ4v) is 3.05. The largest absolute Gasteiger partial charge is 0.892 e. The molecule has 0 unspecified atom stereocenters. The SMILES string of the molecule is C=C(C)O[Si](OCCC)(OC(=C)C)OC(=C)C. The van der Waals surface area contributed by atoms with Gasteiger partial charge in [0.1, 0.15) is 0 Å². The molecule has 0 aliphatic rings. The van der Waals surface area contributed by atoms with Crippen LogP contribution in [0.1, 0.15) is 34.1 Å². The summed E-state index contributed by atoms with van der Waals surface area (Å²) in [5.74, 6) is 1.40. The van der Waals surface area contributed by atoms with E-state index in [1.165, 1.54) is 0 Å². The van der Waals surface area contributed by atoms with E-state index < -0.39 is 9.05 Å². The molecule has 0 rings (SSSR count). The molecule has 0 spiro atoms. The van der Waals surface area contributed by atoms with Crippen LogP contribution in [-0.4, -0.2) is 15.7 Å². The zero-order valence-electron chi connectivity index (χ0n) is 11.2. The molecule has 0 aliphatic heterocycles. The van der Waals surface area contributed by atoms with Crippen LogP contribution in [0, 0.1) is 0 Å². The van der Waals surface area contributed by atoms with E-state index in [4.69, 9.17) is 17.7 Å². The Bertz CT molecular complexity index is 258. The standard InChI is InChI=1S/C12H22O4Si/c1-8-9-13-17(14-10(2)3,15-11(4)5)16-12(6)7/h2,4,6,8-9H2,1,3,5,7H3. The lowest BCUT2D eigenvalue weighted by molar-refractivity contribution is 0.0211. The van der Waals surface area contributed by atoms with Crippen molar-refractivity contribution >= 4 is 9.05 Å². The Balaban J connectivity index is 4.95. The highest BCUT2D eigenvalue weighted by Gasteiger charge is 2.54. The van der Waals surface area contributed by atoms with Crippen LogP contribution in [-0.2, 0) is 17.7 Å². The van der Waals surface area contributed by atoms with Gasteiger partial charge >= 0.3 is 9.05 Å². The minimum absolute atomic E-state index is 0.468. The predicted molar refractivity (Wildman–Crippen MR) is 69.7 cm³/mol. The summed E-state index contributed by atoms with van der Waals surface area (Å²) in [5, 5.41) is 0. The van der Waals surface area contributed by atoms with Gasteiger partial charge in [-0.1, -0.05) is 26.7 Å². The first-order valence-corrected chi connectivity index (χ1v) is 7.12. The molecule has 0 saturated heterocycles. The summed E-state index contributed by atoms with van der Waals surface area (Å²) >= 11 is 0. The van der Waals surface area contributed by atoms with Crippen molar-refractivity contribution in [3.05, 3.63) is 37.0 Å².